The SMILES string of the molecule is CCCCC(C)P(CP(C1C=CCCC1)C1CCCCC1)C1CCCCC1. The second-order valence-corrected chi connectivity index (χ2v) is 15.9. The van der Waals surface area contributed by atoms with Gasteiger partial charge in [0.2, 0.25) is 0 Å². The van der Waals surface area contributed by atoms with Gasteiger partial charge >= 0.3 is 0 Å². The van der Waals surface area contributed by atoms with Gasteiger partial charge in [-0.2, -0.15) is 0 Å². The van der Waals surface area contributed by atoms with Crippen LogP contribution in [0.25, 0.3) is 0 Å². The van der Waals surface area contributed by atoms with E-state index in [9.17, 15) is 0 Å². The van der Waals surface area contributed by atoms with Gasteiger partial charge in [0.05, 0.1) is 0 Å². The zero-order chi connectivity index (χ0) is 18.9. The van der Waals surface area contributed by atoms with Crippen LogP contribution in [0.15, 0.2) is 12.2 Å². The zero-order valence-electron chi connectivity index (χ0n) is 18.4. The molecule has 0 saturated heterocycles. The Morgan fingerprint density at radius 3 is 2.11 bits per heavy atom. The molecule has 0 aliphatic heterocycles. The standard InChI is InChI=1S/C25H46P2/c1-3-4-14-22(2)26(23-15-8-5-9-16-23)21-27(24-17-10-6-11-18-24)25-19-12-7-13-20-25/h10,17,22-25H,3-9,11-16,18-21H2,1-2H3. The molecule has 0 aromatic heterocycles. The van der Waals surface area contributed by atoms with Crippen LogP contribution in [0.5, 0.6) is 0 Å². The van der Waals surface area contributed by atoms with Crippen molar-refractivity contribution in [2.24, 2.45) is 0 Å². The fourth-order valence-electron chi connectivity index (χ4n) is 5.86. The van der Waals surface area contributed by atoms with Crippen molar-refractivity contribution in [3.63, 3.8) is 0 Å². The summed E-state index contributed by atoms with van der Waals surface area (Å²) in [6.45, 7) is 5.05. The summed E-state index contributed by atoms with van der Waals surface area (Å²) in [5.74, 6) is 1.69. The van der Waals surface area contributed by atoms with Crippen LogP contribution in [0.2, 0.25) is 0 Å². The fourth-order valence-corrected chi connectivity index (χ4v) is 15.9. The van der Waals surface area contributed by atoms with Crippen molar-refractivity contribution < 1.29 is 0 Å². The number of hydrogen-bond donors (Lipinski definition) is 0. The van der Waals surface area contributed by atoms with Crippen LogP contribution in [0.1, 0.15) is 117 Å². The molecule has 0 nitrogen and oxygen atoms in total. The third-order valence-corrected chi connectivity index (χ3v) is 15.8. The molecule has 0 heterocycles. The first-order valence-electron chi connectivity index (χ1n) is 12.5. The molecular formula is C25H46P2. The third-order valence-electron chi connectivity index (χ3n) is 7.61. The van der Waals surface area contributed by atoms with Gasteiger partial charge in [0.25, 0.3) is 0 Å². The topological polar surface area (TPSA) is 0 Å². The molecule has 27 heavy (non-hydrogen) atoms. The highest BCUT2D eigenvalue weighted by molar-refractivity contribution is 7.76. The minimum atomic E-state index is 0.233. The Hall–Kier alpha value is 0.600. The molecule has 0 aromatic carbocycles. The highest BCUT2D eigenvalue weighted by atomic mass is 31.2. The van der Waals surface area contributed by atoms with Crippen molar-refractivity contribution in [3.8, 4) is 0 Å². The smallest absolute Gasteiger partial charge is 0.00239 e. The Labute approximate surface area is 173 Å². The summed E-state index contributed by atoms with van der Waals surface area (Å²) in [7, 11) is 0.488. The maximum atomic E-state index is 2.70. The van der Waals surface area contributed by atoms with E-state index in [1.54, 1.807) is 31.6 Å². The monoisotopic (exact) mass is 408 g/mol. The second kappa shape index (κ2) is 12.3. The van der Waals surface area contributed by atoms with Gasteiger partial charge in [-0.3, -0.25) is 0 Å². The van der Waals surface area contributed by atoms with Crippen LogP contribution in [0.3, 0.4) is 0 Å². The Kier molecular flexibility index (Phi) is 10.2. The van der Waals surface area contributed by atoms with E-state index >= 15 is 0 Å². The lowest BCUT2D eigenvalue weighted by atomic mass is 10.0. The highest BCUT2D eigenvalue weighted by Crippen LogP contribution is 2.66. The van der Waals surface area contributed by atoms with Crippen LogP contribution >= 0.6 is 15.8 Å². The predicted octanol–water partition coefficient (Wildman–Crippen LogP) is 9.26. The summed E-state index contributed by atoms with van der Waals surface area (Å²) in [5, 5.41) is 0. The van der Waals surface area contributed by atoms with Gasteiger partial charge in [-0.05, 0) is 79.9 Å². The number of allylic oxidation sites excluding steroid dienone is 2. The number of hydrogen-bond acceptors (Lipinski definition) is 0. The lowest BCUT2D eigenvalue weighted by Crippen LogP contribution is -2.24. The first-order valence-corrected chi connectivity index (χ1v) is 15.8. The summed E-state index contributed by atoms with van der Waals surface area (Å²) in [6.07, 6.45) is 29.5. The first-order chi connectivity index (χ1) is 13.3. The summed E-state index contributed by atoms with van der Waals surface area (Å²) in [4.78, 5) is 0. The van der Waals surface area contributed by atoms with E-state index in [1.165, 1.54) is 77.0 Å². The van der Waals surface area contributed by atoms with Gasteiger partial charge in [-0.1, -0.05) is 93.2 Å². The van der Waals surface area contributed by atoms with E-state index in [0.29, 0.717) is 0 Å². The summed E-state index contributed by atoms with van der Waals surface area (Å²) in [6, 6.07) is 0. The van der Waals surface area contributed by atoms with Crippen LogP contribution in [-0.4, -0.2) is 28.5 Å². The zero-order valence-corrected chi connectivity index (χ0v) is 20.2. The average Bonchev–Trinajstić information content (AvgIpc) is 2.74. The van der Waals surface area contributed by atoms with Crippen molar-refractivity contribution in [1.29, 1.82) is 0 Å². The predicted molar refractivity (Wildman–Crippen MR) is 128 cm³/mol. The van der Waals surface area contributed by atoms with E-state index < -0.39 is 0 Å². The van der Waals surface area contributed by atoms with Crippen LogP contribution < -0.4 is 0 Å². The minimum absolute atomic E-state index is 0.233. The molecule has 0 radical (unpaired) electrons. The number of unbranched alkanes of at least 4 members (excludes halogenated alkanes) is 1. The maximum absolute atomic E-state index is 2.70. The summed E-state index contributed by atoms with van der Waals surface area (Å²) in [5.41, 5.74) is 4.27. The van der Waals surface area contributed by atoms with Crippen molar-refractivity contribution in [1.82, 2.24) is 0 Å². The molecule has 3 rings (SSSR count). The highest BCUT2D eigenvalue weighted by Gasteiger charge is 2.35. The first kappa shape index (κ1) is 22.3. The Balaban J connectivity index is 1.74. The van der Waals surface area contributed by atoms with E-state index in [1.807, 2.05) is 0 Å². The van der Waals surface area contributed by atoms with E-state index in [0.717, 1.165) is 22.6 Å². The van der Waals surface area contributed by atoms with Crippen molar-refractivity contribution >= 4 is 15.8 Å². The molecule has 4 atom stereocenters. The summed E-state index contributed by atoms with van der Waals surface area (Å²) >= 11 is 0. The van der Waals surface area contributed by atoms with Crippen LogP contribution in [0.4, 0.5) is 0 Å². The third kappa shape index (κ3) is 6.82. The molecule has 0 bridgehead atoms. The molecule has 0 N–H and O–H groups in total. The Bertz CT molecular complexity index is 420. The molecule has 156 valence electrons. The average molecular weight is 409 g/mol. The molecule has 0 amide bonds. The van der Waals surface area contributed by atoms with Gasteiger partial charge in [0.1, 0.15) is 0 Å². The van der Waals surface area contributed by atoms with E-state index in [-0.39, 0.29) is 15.8 Å². The van der Waals surface area contributed by atoms with E-state index in [4.69, 9.17) is 0 Å². The molecule has 0 spiro atoms. The summed E-state index contributed by atoms with van der Waals surface area (Å²) < 4.78 is 0. The van der Waals surface area contributed by atoms with Crippen molar-refractivity contribution in [2.45, 2.75) is 139 Å². The lowest BCUT2D eigenvalue weighted by molar-refractivity contribution is 0.505. The molecule has 0 aromatic rings. The molecule has 2 heteroatoms. The van der Waals surface area contributed by atoms with Gasteiger partial charge in [-0.15, -0.1) is 0 Å². The largest absolute Gasteiger partial charge is 0.0962 e. The normalized spacial score (nSPS) is 28.7. The second-order valence-electron chi connectivity index (χ2n) is 9.67. The Morgan fingerprint density at radius 1 is 0.852 bits per heavy atom. The molecule has 4 unspecified atom stereocenters. The molecule has 2 fully saturated rings. The molecule has 3 aliphatic rings. The molecule has 3 aliphatic carbocycles. The van der Waals surface area contributed by atoms with Gasteiger partial charge in [0, 0.05) is 0 Å². The quantitative estimate of drug-likeness (QED) is 0.263. The Morgan fingerprint density at radius 2 is 1.52 bits per heavy atom. The van der Waals surface area contributed by atoms with Gasteiger partial charge < -0.3 is 0 Å². The minimum Gasteiger partial charge on any atom is -0.0962 e. The number of rotatable bonds is 9. The molecular weight excluding hydrogens is 362 g/mol. The van der Waals surface area contributed by atoms with Gasteiger partial charge in [0.15, 0.2) is 0 Å². The van der Waals surface area contributed by atoms with E-state index in [2.05, 4.69) is 26.0 Å². The van der Waals surface area contributed by atoms with Crippen LogP contribution in [-0.2, 0) is 0 Å². The van der Waals surface area contributed by atoms with Crippen LogP contribution in [0, 0.1) is 0 Å². The molecule has 2 saturated carbocycles. The fraction of sp³-hybridized carbons (Fsp3) is 0.920. The maximum Gasteiger partial charge on any atom is -0.00239 e. The van der Waals surface area contributed by atoms with Gasteiger partial charge in [-0.25, -0.2) is 0 Å². The van der Waals surface area contributed by atoms with Crippen molar-refractivity contribution in [2.75, 3.05) is 5.90 Å². The van der Waals surface area contributed by atoms with Crippen molar-refractivity contribution in [3.05, 3.63) is 12.2 Å². The lowest BCUT2D eigenvalue weighted by Gasteiger charge is -2.43.